The Labute approximate surface area is 142 Å². The number of rotatable bonds is 3. The maximum Gasteiger partial charge on any atom is 0.227 e. The Balaban J connectivity index is 1.41. The highest BCUT2D eigenvalue weighted by atomic mass is 19.1. The highest BCUT2D eigenvalue weighted by Crippen LogP contribution is 2.42. The van der Waals surface area contributed by atoms with Gasteiger partial charge in [0.25, 0.3) is 0 Å². The van der Waals surface area contributed by atoms with Crippen molar-refractivity contribution in [3.05, 3.63) is 30.1 Å². The van der Waals surface area contributed by atoms with Crippen LogP contribution < -0.4 is 4.90 Å². The summed E-state index contributed by atoms with van der Waals surface area (Å²) in [5.41, 5.74) is 0.744. The molecule has 1 atom stereocenters. The first-order valence-electron chi connectivity index (χ1n) is 9.00. The van der Waals surface area contributed by atoms with E-state index in [-0.39, 0.29) is 17.1 Å². The van der Waals surface area contributed by atoms with Crippen molar-refractivity contribution in [2.45, 2.75) is 25.7 Å². The standard InChI is InChI=1S/C19H25FN2O2/c20-16-2-1-3-17(10-16)22-14-19(11-18(22)23)6-7-21(13-19)12-15-4-8-24-9-5-15/h1-3,10,15H,4-9,11-14H2. The normalized spacial score (nSPS) is 29.0. The Hall–Kier alpha value is -1.46. The number of anilines is 1. The molecule has 4 nitrogen and oxygen atoms in total. The summed E-state index contributed by atoms with van der Waals surface area (Å²) < 4.78 is 18.9. The second-order valence-corrected chi connectivity index (χ2v) is 7.68. The minimum atomic E-state index is -0.284. The molecular formula is C19H25FN2O2. The molecule has 1 amide bonds. The second-order valence-electron chi connectivity index (χ2n) is 7.68. The molecule has 0 saturated carbocycles. The zero-order chi connectivity index (χ0) is 16.6. The van der Waals surface area contributed by atoms with Gasteiger partial charge >= 0.3 is 0 Å². The molecule has 0 N–H and O–H groups in total. The summed E-state index contributed by atoms with van der Waals surface area (Å²) in [6.45, 7) is 5.67. The van der Waals surface area contributed by atoms with Crippen molar-refractivity contribution in [1.29, 1.82) is 0 Å². The van der Waals surface area contributed by atoms with E-state index in [4.69, 9.17) is 4.74 Å². The molecule has 1 aromatic carbocycles. The van der Waals surface area contributed by atoms with Crippen LogP contribution in [0.25, 0.3) is 0 Å². The molecule has 0 bridgehead atoms. The lowest BCUT2D eigenvalue weighted by atomic mass is 9.86. The van der Waals surface area contributed by atoms with Crippen molar-refractivity contribution < 1.29 is 13.9 Å². The third-order valence-corrected chi connectivity index (χ3v) is 5.82. The number of hydrogen-bond acceptors (Lipinski definition) is 3. The van der Waals surface area contributed by atoms with Gasteiger partial charge in [-0.15, -0.1) is 0 Å². The van der Waals surface area contributed by atoms with Crippen molar-refractivity contribution in [1.82, 2.24) is 4.90 Å². The van der Waals surface area contributed by atoms with E-state index in [1.165, 1.54) is 12.1 Å². The van der Waals surface area contributed by atoms with Crippen molar-refractivity contribution in [3.8, 4) is 0 Å². The summed E-state index contributed by atoms with van der Waals surface area (Å²) in [4.78, 5) is 16.8. The lowest BCUT2D eigenvalue weighted by molar-refractivity contribution is -0.117. The summed E-state index contributed by atoms with van der Waals surface area (Å²) in [6.07, 6.45) is 3.96. The SMILES string of the molecule is O=C1CC2(CCN(CC3CCOCC3)C2)CN1c1cccc(F)c1. The molecule has 0 radical (unpaired) electrons. The number of likely N-dealkylation sites (tertiary alicyclic amines) is 1. The number of nitrogens with zero attached hydrogens (tertiary/aromatic N) is 2. The van der Waals surface area contributed by atoms with Gasteiger partial charge in [0, 0.05) is 50.4 Å². The largest absolute Gasteiger partial charge is 0.381 e. The van der Waals surface area contributed by atoms with E-state index in [1.807, 2.05) is 6.07 Å². The van der Waals surface area contributed by atoms with Crippen molar-refractivity contribution in [3.63, 3.8) is 0 Å². The van der Waals surface area contributed by atoms with Gasteiger partial charge < -0.3 is 14.5 Å². The first-order chi connectivity index (χ1) is 11.6. The minimum absolute atomic E-state index is 0.0502. The van der Waals surface area contributed by atoms with Crippen LogP contribution in [0.3, 0.4) is 0 Å². The van der Waals surface area contributed by atoms with E-state index in [1.54, 1.807) is 11.0 Å². The van der Waals surface area contributed by atoms with Crippen LogP contribution in [-0.4, -0.2) is 50.2 Å². The topological polar surface area (TPSA) is 32.8 Å². The summed E-state index contributed by atoms with van der Waals surface area (Å²) in [5, 5.41) is 0. The first kappa shape index (κ1) is 16.0. The van der Waals surface area contributed by atoms with Gasteiger partial charge in [-0.1, -0.05) is 6.07 Å². The lowest BCUT2D eigenvalue weighted by Crippen LogP contribution is -2.34. The van der Waals surface area contributed by atoms with Gasteiger partial charge in [0.05, 0.1) is 0 Å². The van der Waals surface area contributed by atoms with Gasteiger partial charge in [0.1, 0.15) is 5.82 Å². The Kier molecular flexibility index (Phi) is 4.31. The first-order valence-corrected chi connectivity index (χ1v) is 9.00. The quantitative estimate of drug-likeness (QED) is 0.853. The van der Waals surface area contributed by atoms with Crippen LogP contribution in [0.1, 0.15) is 25.7 Å². The van der Waals surface area contributed by atoms with Crippen molar-refractivity contribution >= 4 is 11.6 Å². The molecule has 0 aromatic heterocycles. The van der Waals surface area contributed by atoms with Gasteiger partial charge in [-0.2, -0.15) is 0 Å². The molecule has 3 saturated heterocycles. The molecule has 0 aliphatic carbocycles. The molecule has 4 rings (SSSR count). The minimum Gasteiger partial charge on any atom is -0.381 e. The predicted molar refractivity (Wildman–Crippen MR) is 90.4 cm³/mol. The van der Waals surface area contributed by atoms with Gasteiger partial charge in [-0.25, -0.2) is 4.39 Å². The van der Waals surface area contributed by atoms with Gasteiger partial charge in [-0.3, -0.25) is 4.79 Å². The van der Waals surface area contributed by atoms with E-state index in [0.717, 1.165) is 64.6 Å². The molecule has 3 heterocycles. The fraction of sp³-hybridized carbons (Fsp3) is 0.632. The van der Waals surface area contributed by atoms with Gasteiger partial charge in [0.2, 0.25) is 5.91 Å². The highest BCUT2D eigenvalue weighted by molar-refractivity contribution is 5.96. The maximum atomic E-state index is 13.5. The Morgan fingerprint density at radius 3 is 2.88 bits per heavy atom. The molecule has 1 aromatic rings. The predicted octanol–water partition coefficient (Wildman–Crippen LogP) is 2.68. The molecule has 5 heteroatoms. The number of amides is 1. The molecule has 3 aliphatic heterocycles. The third kappa shape index (κ3) is 3.20. The number of carbonyl (C=O) groups excluding carboxylic acids is 1. The van der Waals surface area contributed by atoms with Crippen LogP contribution in [0.4, 0.5) is 10.1 Å². The van der Waals surface area contributed by atoms with Crippen LogP contribution in [-0.2, 0) is 9.53 Å². The molecule has 1 spiro atoms. The van der Waals surface area contributed by atoms with E-state index in [2.05, 4.69) is 4.90 Å². The molecule has 130 valence electrons. The van der Waals surface area contributed by atoms with Crippen molar-refractivity contribution in [2.75, 3.05) is 44.3 Å². The number of hydrogen-bond donors (Lipinski definition) is 0. The average molecular weight is 332 g/mol. The summed E-state index contributed by atoms with van der Waals surface area (Å²) in [5.74, 6) is 0.577. The van der Waals surface area contributed by atoms with E-state index in [0.29, 0.717) is 12.1 Å². The van der Waals surface area contributed by atoms with Gasteiger partial charge in [-0.05, 0) is 49.9 Å². The molecule has 1 unspecified atom stereocenters. The van der Waals surface area contributed by atoms with Crippen LogP contribution in [0.5, 0.6) is 0 Å². The molecular weight excluding hydrogens is 307 g/mol. The molecule has 3 aliphatic rings. The number of ether oxygens (including phenoxy) is 1. The number of benzene rings is 1. The average Bonchev–Trinajstić information content (AvgIpc) is 3.11. The number of halogens is 1. The van der Waals surface area contributed by atoms with Crippen LogP contribution in [0, 0.1) is 17.2 Å². The summed E-state index contributed by atoms with van der Waals surface area (Å²) >= 11 is 0. The van der Waals surface area contributed by atoms with E-state index in [9.17, 15) is 9.18 Å². The Morgan fingerprint density at radius 2 is 2.08 bits per heavy atom. The summed E-state index contributed by atoms with van der Waals surface area (Å²) in [7, 11) is 0. The fourth-order valence-corrected chi connectivity index (χ4v) is 4.53. The smallest absolute Gasteiger partial charge is 0.227 e. The van der Waals surface area contributed by atoms with Crippen LogP contribution >= 0.6 is 0 Å². The van der Waals surface area contributed by atoms with E-state index >= 15 is 0 Å². The monoisotopic (exact) mass is 332 g/mol. The molecule has 24 heavy (non-hydrogen) atoms. The Bertz CT molecular complexity index is 617. The number of carbonyl (C=O) groups is 1. The Morgan fingerprint density at radius 1 is 1.25 bits per heavy atom. The zero-order valence-electron chi connectivity index (χ0n) is 14.0. The van der Waals surface area contributed by atoms with Crippen molar-refractivity contribution in [2.24, 2.45) is 11.3 Å². The van der Waals surface area contributed by atoms with E-state index < -0.39 is 0 Å². The highest BCUT2D eigenvalue weighted by Gasteiger charge is 2.47. The maximum absolute atomic E-state index is 13.5. The van der Waals surface area contributed by atoms with Crippen LogP contribution in [0.2, 0.25) is 0 Å². The van der Waals surface area contributed by atoms with Gasteiger partial charge in [0.15, 0.2) is 0 Å². The summed E-state index contributed by atoms with van der Waals surface area (Å²) in [6, 6.07) is 6.39. The van der Waals surface area contributed by atoms with Crippen LogP contribution in [0.15, 0.2) is 24.3 Å². The molecule has 3 fully saturated rings. The fourth-order valence-electron chi connectivity index (χ4n) is 4.53. The second kappa shape index (κ2) is 6.45. The third-order valence-electron chi connectivity index (χ3n) is 5.82. The zero-order valence-corrected chi connectivity index (χ0v) is 14.0. The lowest BCUT2D eigenvalue weighted by Gasteiger charge is -2.28.